The van der Waals surface area contributed by atoms with E-state index in [2.05, 4.69) is 23.2 Å². The molecule has 8 nitrogen and oxygen atoms in total. The van der Waals surface area contributed by atoms with Gasteiger partial charge in [0.2, 0.25) is 0 Å². The topological polar surface area (TPSA) is 99.2 Å². The summed E-state index contributed by atoms with van der Waals surface area (Å²) in [5.41, 5.74) is 5.15. The number of anilines is 2. The Bertz CT molecular complexity index is 1480. The van der Waals surface area contributed by atoms with Gasteiger partial charge in [0.25, 0.3) is 5.56 Å². The lowest BCUT2D eigenvalue weighted by atomic mass is 9.97. The van der Waals surface area contributed by atoms with Gasteiger partial charge >= 0.3 is 0 Å². The van der Waals surface area contributed by atoms with Crippen molar-refractivity contribution in [1.82, 2.24) is 14.5 Å². The molecule has 0 fully saturated rings. The van der Waals surface area contributed by atoms with Crippen LogP contribution in [0.2, 0.25) is 0 Å². The van der Waals surface area contributed by atoms with E-state index in [1.165, 1.54) is 0 Å². The maximum Gasteiger partial charge on any atom is 0.250 e. The molecule has 4 heterocycles. The Balaban J connectivity index is 1.63. The van der Waals surface area contributed by atoms with Gasteiger partial charge in [-0.1, -0.05) is 12.1 Å². The van der Waals surface area contributed by atoms with Crippen LogP contribution < -0.4 is 15.8 Å². The SMILES string of the molecule is Cc1nc(NC(C)c2cccc(C#N)c2C)c2c(n1)N1CCN=C1C(c1ccn(C)c(=O)c1)=C2. The van der Waals surface area contributed by atoms with Crippen LogP contribution in [0, 0.1) is 25.2 Å². The van der Waals surface area contributed by atoms with Gasteiger partial charge in [0, 0.05) is 31.4 Å². The largest absolute Gasteiger partial charge is 0.363 e. The van der Waals surface area contributed by atoms with Gasteiger partial charge in [-0.15, -0.1) is 0 Å². The third-order valence-corrected chi connectivity index (χ3v) is 6.39. The fraction of sp³-hybridized carbons (Fsp3) is 0.269. The smallest absolute Gasteiger partial charge is 0.250 e. The van der Waals surface area contributed by atoms with E-state index in [1.54, 1.807) is 23.9 Å². The second kappa shape index (κ2) is 8.27. The summed E-state index contributed by atoms with van der Waals surface area (Å²) in [5, 5.41) is 13.0. The van der Waals surface area contributed by atoms with E-state index in [1.807, 2.05) is 44.2 Å². The molecule has 0 amide bonds. The zero-order valence-electron chi connectivity index (χ0n) is 19.6. The van der Waals surface area contributed by atoms with Crippen molar-refractivity contribution in [2.75, 3.05) is 23.3 Å². The predicted molar refractivity (Wildman–Crippen MR) is 134 cm³/mol. The van der Waals surface area contributed by atoms with Crippen LogP contribution in [-0.4, -0.2) is 33.5 Å². The third-order valence-electron chi connectivity index (χ3n) is 6.39. The standard InChI is InChI=1S/C26H25N7O/c1-15-19(14-27)6-5-7-20(15)16(2)29-24-22-13-21(18-8-10-32(4)23(34)12-18)25-28-9-11-33(25)26(22)31-17(3)30-24/h5-8,10,12-13,16H,9,11H2,1-4H3,(H,29,30,31). The average molecular weight is 452 g/mol. The number of benzene rings is 1. The summed E-state index contributed by atoms with van der Waals surface area (Å²) in [7, 11) is 1.74. The molecule has 0 spiro atoms. The monoisotopic (exact) mass is 451 g/mol. The Hall–Kier alpha value is -4.25. The van der Waals surface area contributed by atoms with Gasteiger partial charge in [0.05, 0.1) is 29.8 Å². The minimum absolute atomic E-state index is 0.0747. The highest BCUT2D eigenvalue weighted by Gasteiger charge is 2.32. The van der Waals surface area contributed by atoms with Gasteiger partial charge in [-0.05, 0) is 55.7 Å². The molecule has 170 valence electrons. The summed E-state index contributed by atoms with van der Waals surface area (Å²) in [6.45, 7) is 7.29. The molecule has 0 aliphatic carbocycles. The molecule has 3 aromatic rings. The van der Waals surface area contributed by atoms with E-state index in [9.17, 15) is 10.1 Å². The minimum Gasteiger partial charge on any atom is -0.363 e. The Morgan fingerprint density at radius 3 is 2.79 bits per heavy atom. The third kappa shape index (κ3) is 3.55. The van der Waals surface area contributed by atoms with E-state index in [0.717, 1.165) is 46.0 Å². The first kappa shape index (κ1) is 21.6. The summed E-state index contributed by atoms with van der Waals surface area (Å²) in [5.74, 6) is 3.01. The van der Waals surface area contributed by atoms with E-state index in [0.29, 0.717) is 23.8 Å². The molecule has 5 rings (SSSR count). The molecule has 1 unspecified atom stereocenters. The lowest BCUT2D eigenvalue weighted by Crippen LogP contribution is -2.33. The van der Waals surface area contributed by atoms with Crippen LogP contribution in [0.5, 0.6) is 0 Å². The molecule has 1 N–H and O–H groups in total. The number of hydrogen-bond donors (Lipinski definition) is 1. The molecule has 0 saturated heterocycles. The van der Waals surface area contributed by atoms with Crippen molar-refractivity contribution < 1.29 is 0 Å². The van der Waals surface area contributed by atoms with E-state index < -0.39 is 0 Å². The Morgan fingerprint density at radius 2 is 2.03 bits per heavy atom. The van der Waals surface area contributed by atoms with Crippen molar-refractivity contribution in [3.8, 4) is 6.07 Å². The van der Waals surface area contributed by atoms with Gasteiger partial charge in [0.1, 0.15) is 23.3 Å². The number of nitriles is 1. The summed E-state index contributed by atoms with van der Waals surface area (Å²) in [6.07, 6.45) is 3.80. The van der Waals surface area contributed by atoms with Crippen LogP contribution in [0.25, 0.3) is 11.6 Å². The van der Waals surface area contributed by atoms with Crippen molar-refractivity contribution in [3.63, 3.8) is 0 Å². The van der Waals surface area contributed by atoms with E-state index >= 15 is 0 Å². The van der Waals surface area contributed by atoms with Crippen LogP contribution >= 0.6 is 0 Å². The van der Waals surface area contributed by atoms with E-state index in [4.69, 9.17) is 15.0 Å². The number of amidine groups is 1. The van der Waals surface area contributed by atoms with Gasteiger partial charge in [-0.2, -0.15) is 5.26 Å². The van der Waals surface area contributed by atoms with Crippen LogP contribution in [0.3, 0.4) is 0 Å². The summed E-state index contributed by atoms with van der Waals surface area (Å²) >= 11 is 0. The molecule has 8 heteroatoms. The predicted octanol–water partition coefficient (Wildman–Crippen LogP) is 3.61. The summed E-state index contributed by atoms with van der Waals surface area (Å²) in [4.78, 5) is 28.6. The molecule has 2 aromatic heterocycles. The quantitative estimate of drug-likeness (QED) is 0.651. The number of aliphatic imine (C=N–C) groups is 1. The average Bonchev–Trinajstić information content (AvgIpc) is 3.31. The normalized spacial score (nSPS) is 15.1. The first-order chi connectivity index (χ1) is 16.4. The molecule has 2 aliphatic heterocycles. The number of nitrogens with zero attached hydrogens (tertiary/aromatic N) is 6. The first-order valence-electron chi connectivity index (χ1n) is 11.2. The molecule has 1 aromatic carbocycles. The number of aromatic nitrogens is 3. The van der Waals surface area contributed by atoms with E-state index in [-0.39, 0.29) is 11.6 Å². The highest BCUT2D eigenvalue weighted by molar-refractivity contribution is 6.36. The highest BCUT2D eigenvalue weighted by Crippen LogP contribution is 2.38. The zero-order chi connectivity index (χ0) is 24.0. The molecular weight excluding hydrogens is 426 g/mol. The number of fused-ring (bicyclic) bond motifs is 3. The molecule has 2 aliphatic rings. The Morgan fingerprint density at radius 1 is 1.21 bits per heavy atom. The Kier molecular flexibility index (Phi) is 5.25. The number of hydrogen-bond acceptors (Lipinski definition) is 7. The number of rotatable bonds is 4. The summed E-state index contributed by atoms with van der Waals surface area (Å²) in [6, 6.07) is 11.5. The molecule has 0 saturated carbocycles. The van der Waals surface area contributed by atoms with Crippen LogP contribution in [0.1, 0.15) is 46.6 Å². The van der Waals surface area contributed by atoms with Crippen molar-refractivity contribution in [2.24, 2.45) is 12.0 Å². The van der Waals surface area contributed by atoms with Crippen molar-refractivity contribution in [2.45, 2.75) is 26.8 Å². The van der Waals surface area contributed by atoms with Crippen LogP contribution in [0.4, 0.5) is 11.6 Å². The maximum atomic E-state index is 12.3. The minimum atomic E-state index is -0.0822. The summed E-state index contributed by atoms with van der Waals surface area (Å²) < 4.78 is 1.55. The van der Waals surface area contributed by atoms with Crippen molar-refractivity contribution in [1.29, 1.82) is 5.26 Å². The highest BCUT2D eigenvalue weighted by atomic mass is 16.1. The molecule has 0 bridgehead atoms. The molecular formula is C26H25N7O. The van der Waals surface area contributed by atoms with Crippen LogP contribution in [0.15, 0.2) is 46.3 Å². The van der Waals surface area contributed by atoms with Gasteiger partial charge < -0.3 is 14.8 Å². The van der Waals surface area contributed by atoms with Crippen molar-refractivity contribution in [3.05, 3.63) is 80.5 Å². The lowest BCUT2D eigenvalue weighted by Gasteiger charge is -2.29. The van der Waals surface area contributed by atoms with Gasteiger partial charge in [-0.3, -0.25) is 9.79 Å². The molecule has 1 atom stereocenters. The lowest BCUT2D eigenvalue weighted by molar-refractivity contribution is 0.853. The fourth-order valence-corrected chi connectivity index (χ4v) is 4.56. The van der Waals surface area contributed by atoms with Gasteiger partial charge in [0.15, 0.2) is 0 Å². The van der Waals surface area contributed by atoms with Gasteiger partial charge in [-0.25, -0.2) is 9.97 Å². The number of aryl methyl sites for hydroxylation is 2. The second-order valence-corrected chi connectivity index (χ2v) is 8.63. The molecule has 0 radical (unpaired) electrons. The Labute approximate surface area is 197 Å². The zero-order valence-corrected chi connectivity index (χ0v) is 19.6. The fourth-order valence-electron chi connectivity index (χ4n) is 4.56. The number of nitrogens with one attached hydrogen (secondary N) is 1. The molecule has 34 heavy (non-hydrogen) atoms. The second-order valence-electron chi connectivity index (χ2n) is 8.63. The van der Waals surface area contributed by atoms with Crippen LogP contribution in [-0.2, 0) is 7.05 Å². The maximum absolute atomic E-state index is 12.3. The number of pyridine rings is 1. The first-order valence-corrected chi connectivity index (χ1v) is 11.2. The van der Waals surface area contributed by atoms with Crippen molar-refractivity contribution >= 4 is 29.1 Å².